The summed E-state index contributed by atoms with van der Waals surface area (Å²) in [5, 5.41) is 5.86. The molecule has 0 unspecified atom stereocenters. The summed E-state index contributed by atoms with van der Waals surface area (Å²) in [4.78, 5) is 18.4. The van der Waals surface area contributed by atoms with Crippen molar-refractivity contribution in [3.05, 3.63) is 123 Å². The van der Waals surface area contributed by atoms with Gasteiger partial charge in [-0.1, -0.05) is 58.4 Å². The summed E-state index contributed by atoms with van der Waals surface area (Å²) < 4.78 is 33.0. The minimum atomic E-state index is -0.354. The molecule has 40 heavy (non-hydrogen) atoms. The lowest BCUT2D eigenvalue weighted by Gasteiger charge is -2.14. The van der Waals surface area contributed by atoms with Crippen LogP contribution in [0, 0.1) is 5.82 Å². The zero-order chi connectivity index (χ0) is 27.6. The van der Waals surface area contributed by atoms with Gasteiger partial charge < -0.3 is 13.9 Å². The van der Waals surface area contributed by atoms with Crippen molar-refractivity contribution in [1.29, 1.82) is 0 Å². The summed E-state index contributed by atoms with van der Waals surface area (Å²) >= 11 is 3.50. The smallest absolute Gasteiger partial charge is 0.282 e. The molecule has 4 aromatic carbocycles. The van der Waals surface area contributed by atoms with E-state index >= 15 is 0 Å². The fourth-order valence-electron chi connectivity index (χ4n) is 4.33. The van der Waals surface area contributed by atoms with E-state index in [9.17, 15) is 9.18 Å². The van der Waals surface area contributed by atoms with Crippen LogP contribution in [-0.2, 0) is 6.61 Å². The predicted molar refractivity (Wildman–Crippen MR) is 156 cm³/mol. The molecule has 7 nitrogen and oxygen atoms in total. The third kappa shape index (κ3) is 4.99. The SMILES string of the molecule is COc1cc(Br)cc(C=Nn2c(-c3cc4ccccc4o3)nc3ccccc3c2=O)c1OCc1ccc(F)cc1. The second-order valence-electron chi connectivity index (χ2n) is 8.90. The molecule has 2 heterocycles. The Hall–Kier alpha value is -4.76. The molecule has 9 heteroatoms. The maximum Gasteiger partial charge on any atom is 0.282 e. The Balaban J connectivity index is 1.47. The second kappa shape index (κ2) is 10.8. The van der Waals surface area contributed by atoms with Crippen molar-refractivity contribution in [1.82, 2.24) is 9.66 Å². The molecule has 6 rings (SSSR count). The lowest BCUT2D eigenvalue weighted by molar-refractivity contribution is 0.284. The van der Waals surface area contributed by atoms with Gasteiger partial charge in [0.2, 0.25) is 5.82 Å². The van der Waals surface area contributed by atoms with Crippen molar-refractivity contribution in [3.8, 4) is 23.1 Å². The molecule has 0 amide bonds. The normalized spacial score (nSPS) is 11.5. The first-order valence-electron chi connectivity index (χ1n) is 12.3. The number of fused-ring (bicyclic) bond motifs is 2. The fraction of sp³-hybridized carbons (Fsp3) is 0.0645. The maximum atomic E-state index is 13.6. The molecule has 0 atom stereocenters. The first kappa shape index (κ1) is 25.5. The number of benzene rings is 4. The average molecular weight is 598 g/mol. The minimum Gasteiger partial charge on any atom is -0.493 e. The second-order valence-corrected chi connectivity index (χ2v) is 9.82. The van der Waals surface area contributed by atoms with E-state index in [-0.39, 0.29) is 23.8 Å². The Morgan fingerprint density at radius 2 is 1.80 bits per heavy atom. The molecule has 0 radical (unpaired) electrons. The molecule has 0 aliphatic rings. The number of methoxy groups -OCH3 is 1. The molecule has 0 N–H and O–H groups in total. The first-order valence-corrected chi connectivity index (χ1v) is 13.1. The quantitative estimate of drug-likeness (QED) is 0.182. The molecule has 0 saturated carbocycles. The van der Waals surface area contributed by atoms with Gasteiger partial charge in [-0.05, 0) is 54.1 Å². The Labute approximate surface area is 236 Å². The van der Waals surface area contributed by atoms with Crippen LogP contribution in [0.15, 0.2) is 110 Å². The highest BCUT2D eigenvalue weighted by Gasteiger charge is 2.17. The molecule has 2 aromatic heterocycles. The summed E-state index contributed by atoms with van der Waals surface area (Å²) in [6.07, 6.45) is 1.51. The van der Waals surface area contributed by atoms with Gasteiger partial charge in [-0.15, -0.1) is 0 Å². The molecule has 0 bridgehead atoms. The number of ether oxygens (including phenoxy) is 2. The highest BCUT2D eigenvalue weighted by molar-refractivity contribution is 9.10. The molecular formula is C31H21BrFN3O4. The highest BCUT2D eigenvalue weighted by Crippen LogP contribution is 2.35. The molecule has 198 valence electrons. The van der Waals surface area contributed by atoms with Crippen molar-refractivity contribution in [2.45, 2.75) is 6.61 Å². The average Bonchev–Trinajstić information content (AvgIpc) is 3.41. The first-order chi connectivity index (χ1) is 19.5. The van der Waals surface area contributed by atoms with E-state index in [4.69, 9.17) is 18.9 Å². The Morgan fingerprint density at radius 3 is 2.60 bits per heavy atom. The number of para-hydroxylation sites is 2. The van der Waals surface area contributed by atoms with Crippen LogP contribution in [0.25, 0.3) is 33.5 Å². The van der Waals surface area contributed by atoms with E-state index < -0.39 is 0 Å². The number of halogens is 2. The molecular weight excluding hydrogens is 577 g/mol. The summed E-state index contributed by atoms with van der Waals surface area (Å²) in [6, 6.07) is 26.1. The molecule has 0 aliphatic heterocycles. The largest absolute Gasteiger partial charge is 0.493 e. The van der Waals surface area contributed by atoms with Crippen molar-refractivity contribution < 1.29 is 18.3 Å². The van der Waals surface area contributed by atoms with E-state index in [0.717, 1.165) is 15.4 Å². The van der Waals surface area contributed by atoms with Gasteiger partial charge in [0.15, 0.2) is 17.3 Å². The van der Waals surface area contributed by atoms with Gasteiger partial charge in [-0.2, -0.15) is 9.78 Å². The summed E-state index contributed by atoms with van der Waals surface area (Å²) in [5.41, 5.74) is 2.17. The molecule has 0 saturated heterocycles. The van der Waals surface area contributed by atoms with Crippen molar-refractivity contribution in [3.63, 3.8) is 0 Å². The van der Waals surface area contributed by atoms with E-state index in [1.54, 1.807) is 42.5 Å². The summed E-state index contributed by atoms with van der Waals surface area (Å²) in [5.74, 6) is 1.20. The maximum absolute atomic E-state index is 13.6. The van der Waals surface area contributed by atoms with Gasteiger partial charge in [0.1, 0.15) is 18.0 Å². The van der Waals surface area contributed by atoms with Gasteiger partial charge in [0, 0.05) is 15.4 Å². The molecule has 6 aromatic rings. The van der Waals surface area contributed by atoms with Crippen LogP contribution in [0.2, 0.25) is 0 Å². The standard InChI is InChI=1S/C31H21BrFN3O4/c1-38-27-16-22(32)14-21(29(27)39-18-19-10-12-23(33)13-11-19)17-34-36-30(28-15-20-6-2-5-9-26(20)40-28)35-25-8-4-3-7-24(25)31(36)37/h2-17H,18H2,1H3. The van der Waals surface area contributed by atoms with Crippen LogP contribution < -0.4 is 15.0 Å². The van der Waals surface area contributed by atoms with Crippen LogP contribution in [0.1, 0.15) is 11.1 Å². The van der Waals surface area contributed by atoms with Crippen LogP contribution in [-0.4, -0.2) is 23.0 Å². The predicted octanol–water partition coefficient (Wildman–Crippen LogP) is 7.18. The number of hydrogen-bond acceptors (Lipinski definition) is 6. The molecule has 0 fully saturated rings. The summed E-state index contributed by atoms with van der Waals surface area (Å²) in [6.45, 7) is 0.167. The topological polar surface area (TPSA) is 78.9 Å². The van der Waals surface area contributed by atoms with E-state index in [1.165, 1.54) is 30.1 Å². The third-order valence-electron chi connectivity index (χ3n) is 6.28. The van der Waals surface area contributed by atoms with Gasteiger partial charge >= 0.3 is 0 Å². The number of furan rings is 1. The number of rotatable bonds is 7. The molecule has 0 aliphatic carbocycles. The molecule has 0 spiro atoms. The van der Waals surface area contributed by atoms with Crippen molar-refractivity contribution in [2.24, 2.45) is 5.10 Å². The van der Waals surface area contributed by atoms with Crippen LogP contribution in [0.5, 0.6) is 11.5 Å². The van der Waals surface area contributed by atoms with Crippen LogP contribution >= 0.6 is 15.9 Å². The van der Waals surface area contributed by atoms with Gasteiger partial charge in [-0.25, -0.2) is 9.37 Å². The monoisotopic (exact) mass is 597 g/mol. The fourth-order valence-corrected chi connectivity index (χ4v) is 4.78. The highest BCUT2D eigenvalue weighted by atomic mass is 79.9. The van der Waals surface area contributed by atoms with E-state index in [2.05, 4.69) is 21.0 Å². The Morgan fingerprint density at radius 1 is 1.02 bits per heavy atom. The minimum absolute atomic E-state index is 0.167. The van der Waals surface area contributed by atoms with Gasteiger partial charge in [0.25, 0.3) is 5.56 Å². The number of hydrogen-bond donors (Lipinski definition) is 0. The van der Waals surface area contributed by atoms with Crippen LogP contribution in [0.3, 0.4) is 0 Å². The van der Waals surface area contributed by atoms with E-state index in [0.29, 0.717) is 39.3 Å². The lowest BCUT2D eigenvalue weighted by atomic mass is 10.2. The third-order valence-corrected chi connectivity index (χ3v) is 6.73. The van der Waals surface area contributed by atoms with Crippen molar-refractivity contribution >= 4 is 44.0 Å². The number of nitrogens with zero attached hydrogens (tertiary/aromatic N) is 3. The Bertz CT molecular complexity index is 1910. The van der Waals surface area contributed by atoms with E-state index in [1.807, 2.05) is 36.4 Å². The van der Waals surface area contributed by atoms with Gasteiger partial charge in [0.05, 0.1) is 24.2 Å². The zero-order valence-electron chi connectivity index (χ0n) is 21.2. The number of aromatic nitrogens is 2. The van der Waals surface area contributed by atoms with Gasteiger partial charge in [-0.3, -0.25) is 4.79 Å². The lowest BCUT2D eigenvalue weighted by Crippen LogP contribution is -2.20. The zero-order valence-corrected chi connectivity index (χ0v) is 22.8. The Kier molecular flexibility index (Phi) is 6.88. The van der Waals surface area contributed by atoms with Crippen LogP contribution in [0.4, 0.5) is 4.39 Å². The van der Waals surface area contributed by atoms with Crippen molar-refractivity contribution in [2.75, 3.05) is 7.11 Å². The summed E-state index contributed by atoms with van der Waals surface area (Å²) in [7, 11) is 1.53.